The molecule has 3 fully saturated rings. The summed E-state index contributed by atoms with van der Waals surface area (Å²) >= 11 is 0. The fourth-order valence-corrected chi connectivity index (χ4v) is 5.08. The molecule has 23 nitrogen and oxygen atoms in total. The molecule has 0 radical (unpaired) electrons. The molecule has 0 unspecified atom stereocenters. The van der Waals surface area contributed by atoms with Crippen molar-refractivity contribution >= 4 is 28.6 Å². The second-order valence-corrected chi connectivity index (χ2v) is 11.2. The molecule has 2 aliphatic heterocycles. The number of hydrogen-bond acceptors (Lipinski definition) is 17. The number of carbonyl (C=O) groups excluding carboxylic acids is 1. The molecular formula is C21H41N7O16S. The summed E-state index contributed by atoms with van der Waals surface area (Å²) in [6, 6.07) is -4.08. The highest BCUT2D eigenvalue weighted by Crippen LogP contribution is 2.38. The van der Waals surface area contributed by atoms with Gasteiger partial charge in [-0.1, -0.05) is 0 Å². The first-order chi connectivity index (χ1) is 20.7. The SMILES string of the molecule is CN[C@@H]1[C@H](O[C@H]2[C@H](O[C@@H]3[C@@H](O)[C@H](O)[C@@H](N=C(N)N)[C@H](O)[C@H]3N=C(N)N)O[C@@H](C)[C@]2(O)C=O)O[C@@H](CO)[C@H](O)[C@H]1O.O=S(=O)(O)O. The lowest BCUT2D eigenvalue weighted by molar-refractivity contribution is -0.314. The van der Waals surface area contributed by atoms with Gasteiger partial charge in [0, 0.05) is 0 Å². The molecule has 3 aliphatic rings. The molecule has 0 aromatic rings. The number of nitrogens with zero attached hydrogens (tertiary/aromatic N) is 2. The number of likely N-dealkylation sites (N-methyl/N-ethyl adjacent to an activating group) is 1. The van der Waals surface area contributed by atoms with Crippen molar-refractivity contribution in [3.8, 4) is 0 Å². The van der Waals surface area contributed by atoms with Crippen molar-refractivity contribution in [2.75, 3.05) is 13.7 Å². The van der Waals surface area contributed by atoms with Gasteiger partial charge >= 0.3 is 10.4 Å². The van der Waals surface area contributed by atoms with Gasteiger partial charge in [-0.2, -0.15) is 8.42 Å². The van der Waals surface area contributed by atoms with Crippen LogP contribution in [0, 0.1) is 0 Å². The Morgan fingerprint density at radius 2 is 1.42 bits per heavy atom. The van der Waals surface area contributed by atoms with Crippen LogP contribution in [-0.2, 0) is 34.1 Å². The third-order valence-corrected chi connectivity index (χ3v) is 7.34. The second kappa shape index (κ2) is 15.5. The van der Waals surface area contributed by atoms with Crippen LogP contribution >= 0.6 is 0 Å². The zero-order valence-electron chi connectivity index (χ0n) is 23.9. The van der Waals surface area contributed by atoms with E-state index in [-0.39, 0.29) is 6.29 Å². The van der Waals surface area contributed by atoms with Crippen LogP contribution in [0.15, 0.2) is 9.98 Å². The van der Waals surface area contributed by atoms with E-state index in [1.807, 2.05) is 0 Å². The maximum atomic E-state index is 12.1. The summed E-state index contributed by atoms with van der Waals surface area (Å²) in [6.45, 7) is 0.620. The highest BCUT2D eigenvalue weighted by atomic mass is 32.3. The van der Waals surface area contributed by atoms with Crippen molar-refractivity contribution < 1.29 is 77.0 Å². The van der Waals surface area contributed by atoms with Crippen molar-refractivity contribution in [2.24, 2.45) is 32.9 Å². The van der Waals surface area contributed by atoms with Crippen LogP contribution in [-0.4, -0.2) is 176 Å². The van der Waals surface area contributed by atoms with Crippen LogP contribution < -0.4 is 28.3 Å². The first-order valence-electron chi connectivity index (χ1n) is 13.1. The molecule has 24 heteroatoms. The molecule has 0 spiro atoms. The topological polar surface area (TPSA) is 411 Å². The molecule has 0 bridgehead atoms. The highest BCUT2D eigenvalue weighted by molar-refractivity contribution is 7.79. The lowest BCUT2D eigenvalue weighted by atomic mass is 9.81. The third kappa shape index (κ3) is 9.11. The lowest BCUT2D eigenvalue weighted by Crippen LogP contribution is -2.66. The van der Waals surface area contributed by atoms with Crippen LogP contribution in [0.25, 0.3) is 0 Å². The zero-order chi connectivity index (χ0) is 34.6. The predicted octanol–water partition coefficient (Wildman–Crippen LogP) is -8.81. The fraction of sp³-hybridized carbons (Fsp3) is 0.857. The Morgan fingerprint density at radius 1 is 0.889 bits per heavy atom. The maximum Gasteiger partial charge on any atom is 0.394 e. The van der Waals surface area contributed by atoms with Crippen molar-refractivity contribution in [1.29, 1.82) is 0 Å². The number of carbonyl (C=O) groups is 1. The standard InChI is InChI=1S/C21H39N7O12.H2O4S/c1-5-21(36,4-30)16(40-17-9(26-2)13(34)10(31)6(3-29)38-17)18(37-5)39-15-8(28-20(24)25)11(32)7(27-19(22)23)12(33)14(15)35;1-5(2,3)4/h4-18,26,29,31-36H,3H2,1-2H3,(H4,22,23,27)(H4,24,25,28);(H2,1,2,3,4)/t5-,6-,7-,8+,9-,10-,11-,12+,13-,14-,15-,16-,17-,18-,21+;/m0./s1. The summed E-state index contributed by atoms with van der Waals surface area (Å²) in [4.78, 5) is 19.7. The Kier molecular flexibility index (Phi) is 13.3. The van der Waals surface area contributed by atoms with Crippen LogP contribution in [0.2, 0.25) is 0 Å². The molecule has 18 N–H and O–H groups in total. The van der Waals surface area contributed by atoms with Gasteiger partial charge < -0.3 is 82.9 Å². The largest absolute Gasteiger partial charge is 0.394 e. The Morgan fingerprint density at radius 3 is 1.89 bits per heavy atom. The molecule has 0 aromatic carbocycles. The van der Waals surface area contributed by atoms with E-state index in [2.05, 4.69) is 15.3 Å². The second-order valence-electron chi connectivity index (χ2n) is 10.3. The van der Waals surface area contributed by atoms with Gasteiger partial charge in [0.15, 0.2) is 36.4 Å². The van der Waals surface area contributed by atoms with E-state index < -0.39 is 120 Å². The van der Waals surface area contributed by atoms with Gasteiger partial charge in [-0.3, -0.25) is 13.9 Å². The molecule has 2 heterocycles. The Hall–Kier alpha value is -2.40. The van der Waals surface area contributed by atoms with Gasteiger partial charge in [0.05, 0.1) is 18.8 Å². The molecule has 2 saturated heterocycles. The van der Waals surface area contributed by atoms with E-state index in [1.54, 1.807) is 0 Å². The van der Waals surface area contributed by atoms with E-state index >= 15 is 0 Å². The van der Waals surface area contributed by atoms with Crippen LogP contribution in [0.5, 0.6) is 0 Å². The van der Waals surface area contributed by atoms with Gasteiger partial charge in [0.1, 0.15) is 60.9 Å². The van der Waals surface area contributed by atoms with E-state index in [0.29, 0.717) is 0 Å². The van der Waals surface area contributed by atoms with Gasteiger partial charge in [0.2, 0.25) is 0 Å². The number of aliphatic hydroxyl groups is 7. The monoisotopic (exact) mass is 679 g/mol. The summed E-state index contributed by atoms with van der Waals surface area (Å²) in [6.07, 6.45) is -17.3. The normalized spacial score (nSPS) is 43.4. The average Bonchev–Trinajstić information content (AvgIpc) is 3.16. The highest BCUT2D eigenvalue weighted by Gasteiger charge is 2.60. The summed E-state index contributed by atoms with van der Waals surface area (Å²) in [5, 5.41) is 76.6. The minimum absolute atomic E-state index is 0.140. The number of nitrogens with one attached hydrogen (secondary N) is 1. The number of aliphatic imine (C=N–C) groups is 2. The van der Waals surface area contributed by atoms with Crippen LogP contribution in [0.4, 0.5) is 0 Å². The minimum atomic E-state index is -4.67. The molecule has 0 amide bonds. The molecule has 0 aromatic heterocycles. The summed E-state index contributed by atoms with van der Waals surface area (Å²) in [5.41, 5.74) is 19.4. The molecule has 45 heavy (non-hydrogen) atoms. The maximum absolute atomic E-state index is 12.1. The Bertz CT molecular complexity index is 1150. The molecule has 3 rings (SSSR count). The predicted molar refractivity (Wildman–Crippen MR) is 147 cm³/mol. The van der Waals surface area contributed by atoms with Gasteiger partial charge in [-0.05, 0) is 14.0 Å². The molecule has 1 saturated carbocycles. The summed E-state index contributed by atoms with van der Waals surface area (Å²) < 4.78 is 54.5. The number of rotatable bonds is 9. The van der Waals surface area contributed by atoms with Gasteiger partial charge in [-0.25, -0.2) is 9.98 Å². The fourth-order valence-electron chi connectivity index (χ4n) is 5.08. The minimum Gasteiger partial charge on any atom is -0.394 e. The molecule has 262 valence electrons. The number of aliphatic hydroxyl groups excluding tert-OH is 6. The first-order valence-corrected chi connectivity index (χ1v) is 14.5. The number of guanidine groups is 2. The first kappa shape index (κ1) is 38.8. The number of hydrogen-bond donors (Lipinski definition) is 14. The van der Waals surface area contributed by atoms with Crippen LogP contribution in [0.1, 0.15) is 6.92 Å². The zero-order valence-corrected chi connectivity index (χ0v) is 24.7. The van der Waals surface area contributed by atoms with Gasteiger partial charge in [-0.15, -0.1) is 0 Å². The molecule has 15 atom stereocenters. The van der Waals surface area contributed by atoms with E-state index in [9.17, 15) is 40.5 Å². The van der Waals surface area contributed by atoms with Crippen molar-refractivity contribution in [1.82, 2.24) is 5.32 Å². The number of nitrogens with two attached hydrogens (primary N) is 4. The van der Waals surface area contributed by atoms with Crippen LogP contribution in [0.3, 0.4) is 0 Å². The van der Waals surface area contributed by atoms with E-state index in [4.69, 9.17) is 59.4 Å². The lowest BCUT2D eigenvalue weighted by Gasteiger charge is -2.45. The van der Waals surface area contributed by atoms with Crippen molar-refractivity contribution in [3.63, 3.8) is 0 Å². The summed E-state index contributed by atoms with van der Waals surface area (Å²) in [7, 11) is -3.25. The van der Waals surface area contributed by atoms with Crippen molar-refractivity contribution in [2.45, 2.75) is 98.2 Å². The average molecular weight is 680 g/mol. The quantitative estimate of drug-likeness (QED) is 0.0465. The number of aldehydes is 1. The Labute approximate surface area is 256 Å². The smallest absolute Gasteiger partial charge is 0.394 e. The number of ether oxygens (including phenoxy) is 4. The van der Waals surface area contributed by atoms with Crippen molar-refractivity contribution in [3.05, 3.63) is 0 Å². The molecule has 1 aliphatic carbocycles. The van der Waals surface area contributed by atoms with E-state index in [0.717, 1.165) is 0 Å². The Balaban J connectivity index is 0.00000130. The summed E-state index contributed by atoms with van der Waals surface area (Å²) in [5.74, 6) is -1.03. The third-order valence-electron chi connectivity index (χ3n) is 7.34. The van der Waals surface area contributed by atoms with E-state index in [1.165, 1.54) is 14.0 Å². The molecular weight excluding hydrogens is 638 g/mol. The van der Waals surface area contributed by atoms with Gasteiger partial charge in [0.25, 0.3) is 0 Å².